The first-order valence-corrected chi connectivity index (χ1v) is 6.84. The van der Waals surface area contributed by atoms with Gasteiger partial charge in [0.05, 0.1) is 18.9 Å². The van der Waals surface area contributed by atoms with E-state index in [-0.39, 0.29) is 11.7 Å². The standard InChI is InChI=1S/C14H21NO4/c1-2-7-18-11-4-3-6-15(9-11)10-13-12(14(16)17)5-8-19-13/h5,8,11H,2-4,6-7,9-10H2,1H3,(H,16,17). The number of likely N-dealkylation sites (tertiary alicyclic amines) is 1. The molecule has 0 saturated carbocycles. The molecule has 1 aromatic heterocycles. The van der Waals surface area contributed by atoms with Crippen LogP contribution in [0.5, 0.6) is 0 Å². The quantitative estimate of drug-likeness (QED) is 0.857. The Morgan fingerprint density at radius 2 is 2.47 bits per heavy atom. The minimum atomic E-state index is -0.931. The van der Waals surface area contributed by atoms with Gasteiger partial charge in [0, 0.05) is 13.2 Å². The van der Waals surface area contributed by atoms with Gasteiger partial charge in [0.1, 0.15) is 11.3 Å². The van der Waals surface area contributed by atoms with Crippen molar-refractivity contribution in [2.24, 2.45) is 0 Å². The van der Waals surface area contributed by atoms with E-state index in [1.165, 1.54) is 12.3 Å². The third kappa shape index (κ3) is 3.81. The highest BCUT2D eigenvalue weighted by molar-refractivity contribution is 5.88. The largest absolute Gasteiger partial charge is 0.478 e. The molecule has 2 rings (SSSR count). The van der Waals surface area contributed by atoms with Gasteiger partial charge in [-0.15, -0.1) is 0 Å². The van der Waals surface area contributed by atoms with Crippen molar-refractivity contribution in [3.8, 4) is 0 Å². The van der Waals surface area contributed by atoms with E-state index in [9.17, 15) is 4.79 Å². The summed E-state index contributed by atoms with van der Waals surface area (Å²) in [6.07, 6.45) is 4.89. The first-order valence-electron chi connectivity index (χ1n) is 6.84. The third-order valence-corrected chi connectivity index (χ3v) is 3.36. The average Bonchev–Trinajstić information content (AvgIpc) is 2.85. The molecule has 1 fully saturated rings. The van der Waals surface area contributed by atoms with Gasteiger partial charge in [-0.2, -0.15) is 0 Å². The van der Waals surface area contributed by atoms with Crippen LogP contribution in [0.4, 0.5) is 0 Å². The molecule has 0 bridgehead atoms. The molecule has 0 spiro atoms. The van der Waals surface area contributed by atoms with Crippen LogP contribution in [-0.4, -0.2) is 41.8 Å². The van der Waals surface area contributed by atoms with Crippen molar-refractivity contribution in [3.05, 3.63) is 23.7 Å². The second kappa shape index (κ2) is 6.73. The Balaban J connectivity index is 1.91. The van der Waals surface area contributed by atoms with Crippen LogP contribution in [0.15, 0.2) is 16.7 Å². The summed E-state index contributed by atoms with van der Waals surface area (Å²) in [6, 6.07) is 1.51. The SMILES string of the molecule is CCCOC1CCCN(Cc2occc2C(=O)O)C1. The van der Waals surface area contributed by atoms with Crippen LogP contribution in [0, 0.1) is 0 Å². The number of furan rings is 1. The van der Waals surface area contributed by atoms with Crippen molar-refractivity contribution < 1.29 is 19.1 Å². The van der Waals surface area contributed by atoms with Crippen molar-refractivity contribution in [1.29, 1.82) is 0 Å². The minimum absolute atomic E-state index is 0.261. The molecular weight excluding hydrogens is 246 g/mol. The molecule has 1 unspecified atom stereocenters. The maximum absolute atomic E-state index is 11.0. The number of carbonyl (C=O) groups is 1. The number of rotatable bonds is 6. The summed E-state index contributed by atoms with van der Waals surface area (Å²) < 4.78 is 11.1. The minimum Gasteiger partial charge on any atom is -0.478 e. The van der Waals surface area contributed by atoms with Gasteiger partial charge in [-0.05, 0) is 31.9 Å². The van der Waals surface area contributed by atoms with Gasteiger partial charge in [0.15, 0.2) is 0 Å². The molecule has 2 heterocycles. The Kier molecular flexibility index (Phi) is 4.99. The topological polar surface area (TPSA) is 62.9 Å². The molecule has 106 valence electrons. The first-order chi connectivity index (χ1) is 9.20. The molecule has 5 nitrogen and oxygen atoms in total. The lowest BCUT2D eigenvalue weighted by molar-refractivity contribution is -0.00383. The van der Waals surface area contributed by atoms with E-state index in [4.69, 9.17) is 14.3 Å². The van der Waals surface area contributed by atoms with Gasteiger partial charge < -0.3 is 14.3 Å². The Hall–Kier alpha value is -1.33. The van der Waals surface area contributed by atoms with Crippen LogP contribution in [0.25, 0.3) is 0 Å². The van der Waals surface area contributed by atoms with Crippen LogP contribution in [0.2, 0.25) is 0 Å². The maximum Gasteiger partial charge on any atom is 0.339 e. The van der Waals surface area contributed by atoms with E-state index in [0.717, 1.165) is 39.0 Å². The third-order valence-electron chi connectivity index (χ3n) is 3.36. The number of hydrogen-bond acceptors (Lipinski definition) is 4. The molecule has 0 amide bonds. The molecule has 19 heavy (non-hydrogen) atoms. The Bertz CT molecular complexity index is 415. The molecular formula is C14H21NO4. The molecule has 1 aromatic rings. The monoisotopic (exact) mass is 267 g/mol. The molecule has 1 N–H and O–H groups in total. The lowest BCUT2D eigenvalue weighted by Crippen LogP contribution is -2.39. The number of aromatic carboxylic acids is 1. The van der Waals surface area contributed by atoms with E-state index in [0.29, 0.717) is 12.3 Å². The van der Waals surface area contributed by atoms with Gasteiger partial charge in [-0.25, -0.2) is 4.79 Å². The molecule has 0 aliphatic carbocycles. The predicted octanol–water partition coefficient (Wildman–Crippen LogP) is 2.37. The summed E-state index contributed by atoms with van der Waals surface area (Å²) in [7, 11) is 0. The van der Waals surface area contributed by atoms with E-state index in [1.54, 1.807) is 0 Å². The number of nitrogens with zero attached hydrogens (tertiary/aromatic N) is 1. The summed E-state index contributed by atoms with van der Waals surface area (Å²) >= 11 is 0. The fourth-order valence-corrected chi connectivity index (χ4v) is 2.43. The van der Waals surface area contributed by atoms with Crippen molar-refractivity contribution >= 4 is 5.97 Å². The Morgan fingerprint density at radius 3 is 3.21 bits per heavy atom. The maximum atomic E-state index is 11.0. The number of carboxylic acids is 1. The van der Waals surface area contributed by atoms with E-state index in [2.05, 4.69) is 11.8 Å². The molecule has 5 heteroatoms. The van der Waals surface area contributed by atoms with Crippen LogP contribution in [0.1, 0.15) is 42.3 Å². The number of carboxylic acid groups (broad SMARTS) is 1. The fraction of sp³-hybridized carbons (Fsp3) is 0.643. The van der Waals surface area contributed by atoms with Crippen LogP contribution in [0.3, 0.4) is 0 Å². The highest BCUT2D eigenvalue weighted by atomic mass is 16.5. The summed E-state index contributed by atoms with van der Waals surface area (Å²) in [5.74, 6) is -0.400. The molecule has 1 saturated heterocycles. The van der Waals surface area contributed by atoms with Crippen molar-refractivity contribution in [2.45, 2.75) is 38.8 Å². The number of piperidine rings is 1. The van der Waals surface area contributed by atoms with Gasteiger partial charge in [0.2, 0.25) is 0 Å². The summed E-state index contributed by atoms with van der Waals surface area (Å²) in [5.41, 5.74) is 0.261. The first kappa shape index (κ1) is 14.1. The van der Waals surface area contributed by atoms with Crippen LogP contribution < -0.4 is 0 Å². The van der Waals surface area contributed by atoms with Gasteiger partial charge >= 0.3 is 5.97 Å². The molecule has 1 atom stereocenters. The zero-order valence-electron chi connectivity index (χ0n) is 11.3. The molecule has 0 aromatic carbocycles. The normalized spacial score (nSPS) is 20.6. The van der Waals surface area contributed by atoms with Crippen LogP contribution >= 0.6 is 0 Å². The summed E-state index contributed by atoms with van der Waals surface area (Å²) in [4.78, 5) is 13.2. The van der Waals surface area contributed by atoms with E-state index >= 15 is 0 Å². The highest BCUT2D eigenvalue weighted by Crippen LogP contribution is 2.19. The molecule has 1 aliphatic rings. The highest BCUT2D eigenvalue weighted by Gasteiger charge is 2.23. The zero-order chi connectivity index (χ0) is 13.7. The fourth-order valence-electron chi connectivity index (χ4n) is 2.43. The van der Waals surface area contributed by atoms with Crippen molar-refractivity contribution in [1.82, 2.24) is 4.90 Å². The Morgan fingerprint density at radius 1 is 1.63 bits per heavy atom. The average molecular weight is 267 g/mol. The summed E-state index contributed by atoms with van der Waals surface area (Å²) in [5, 5.41) is 9.05. The van der Waals surface area contributed by atoms with Gasteiger partial charge in [-0.3, -0.25) is 4.90 Å². The molecule has 1 aliphatic heterocycles. The lowest BCUT2D eigenvalue weighted by Gasteiger charge is -2.32. The number of ether oxygens (including phenoxy) is 1. The molecule has 0 radical (unpaired) electrons. The lowest BCUT2D eigenvalue weighted by atomic mass is 10.1. The smallest absolute Gasteiger partial charge is 0.339 e. The number of hydrogen-bond donors (Lipinski definition) is 1. The van der Waals surface area contributed by atoms with Crippen molar-refractivity contribution in [2.75, 3.05) is 19.7 Å². The van der Waals surface area contributed by atoms with Gasteiger partial charge in [-0.1, -0.05) is 6.92 Å². The zero-order valence-corrected chi connectivity index (χ0v) is 11.3. The Labute approximate surface area is 113 Å². The predicted molar refractivity (Wildman–Crippen MR) is 70.2 cm³/mol. The van der Waals surface area contributed by atoms with Crippen LogP contribution in [-0.2, 0) is 11.3 Å². The second-order valence-corrected chi connectivity index (χ2v) is 4.93. The van der Waals surface area contributed by atoms with Gasteiger partial charge in [0.25, 0.3) is 0 Å². The van der Waals surface area contributed by atoms with E-state index < -0.39 is 5.97 Å². The second-order valence-electron chi connectivity index (χ2n) is 4.93. The summed E-state index contributed by atoms with van der Waals surface area (Å²) in [6.45, 7) is 5.24. The van der Waals surface area contributed by atoms with E-state index in [1.807, 2.05) is 0 Å². The van der Waals surface area contributed by atoms with Crippen molar-refractivity contribution in [3.63, 3.8) is 0 Å².